The van der Waals surface area contributed by atoms with Crippen molar-refractivity contribution in [2.75, 3.05) is 19.0 Å². The molecule has 0 unspecified atom stereocenters. The molecule has 0 saturated heterocycles. The molecule has 0 aliphatic carbocycles. The topological polar surface area (TPSA) is 149 Å². The molecule has 4 rings (SSSR count). The lowest BCUT2D eigenvalue weighted by atomic mass is 10.1. The first-order valence-electron chi connectivity index (χ1n) is 11.3. The van der Waals surface area contributed by atoms with E-state index in [9.17, 15) is 19.2 Å². The number of carbonyl (C=O) groups is 4. The van der Waals surface area contributed by atoms with Crippen molar-refractivity contribution in [1.82, 2.24) is 20.6 Å². The highest BCUT2D eigenvalue weighted by atomic mass is 16.5. The molecule has 0 radical (unpaired) electrons. The number of aromatic nitrogens is 2. The fourth-order valence-electron chi connectivity index (χ4n) is 3.11. The zero-order chi connectivity index (χ0) is 26.6. The van der Waals surface area contributed by atoms with Crippen molar-refractivity contribution in [3.05, 3.63) is 82.9 Å². The molecule has 35 heavy (non-hydrogen) atoms. The third-order valence-corrected chi connectivity index (χ3v) is 4.89. The van der Waals surface area contributed by atoms with Gasteiger partial charge in [0.05, 0.1) is 21.1 Å². The molecule has 2 aromatic carbocycles. The maximum atomic E-state index is 12.7. The van der Waals surface area contributed by atoms with Crippen LogP contribution in [0.15, 0.2) is 54.9 Å². The quantitative estimate of drug-likeness (QED) is 0.433. The number of nitrogens with zero attached hydrogens (tertiary/aromatic N) is 2. The molecule has 0 spiro atoms. The molecular formula is C24H21N5O6. The number of rotatable bonds is 7. The smallest absolute Gasteiger partial charge is 0.337 e. The summed E-state index contributed by atoms with van der Waals surface area (Å²) >= 11 is 0. The molecule has 3 aromatic rings. The van der Waals surface area contributed by atoms with Gasteiger partial charge in [0.2, 0.25) is 0 Å². The Morgan fingerprint density at radius 1 is 1.03 bits per heavy atom. The van der Waals surface area contributed by atoms with Crippen molar-refractivity contribution in [2.24, 2.45) is 0 Å². The van der Waals surface area contributed by atoms with Gasteiger partial charge in [-0.3, -0.25) is 14.4 Å². The van der Waals surface area contributed by atoms with Crippen LogP contribution in [0.3, 0.4) is 0 Å². The number of fused-ring (bicyclic) bond motifs is 1. The van der Waals surface area contributed by atoms with Gasteiger partial charge in [0.1, 0.15) is 23.5 Å². The van der Waals surface area contributed by atoms with Crippen molar-refractivity contribution < 1.29 is 31.4 Å². The Hall–Kier alpha value is -4.80. The molecule has 1 aromatic heterocycles. The molecular weight excluding hydrogens is 454 g/mol. The van der Waals surface area contributed by atoms with Crippen molar-refractivity contribution in [1.29, 1.82) is 0 Å². The van der Waals surface area contributed by atoms with Crippen LogP contribution in [0.1, 0.15) is 45.2 Å². The number of esters is 1. The maximum absolute atomic E-state index is 12.7. The Morgan fingerprint density at radius 2 is 1.71 bits per heavy atom. The van der Waals surface area contributed by atoms with Gasteiger partial charge in [0.25, 0.3) is 17.7 Å². The Balaban J connectivity index is 1.41. The van der Waals surface area contributed by atoms with Crippen LogP contribution in [-0.4, -0.2) is 47.4 Å². The largest absolute Gasteiger partial charge is 0.482 e. The average molecular weight is 477 g/mol. The molecule has 1 aliphatic rings. The van der Waals surface area contributed by atoms with E-state index in [0.29, 0.717) is 16.9 Å². The fourth-order valence-corrected chi connectivity index (χ4v) is 3.11. The van der Waals surface area contributed by atoms with Crippen molar-refractivity contribution in [3.8, 4) is 5.75 Å². The van der Waals surface area contributed by atoms with Crippen LogP contribution in [0, 0.1) is 0 Å². The fraction of sp³-hybridized carbons (Fsp3) is 0.167. The Morgan fingerprint density at radius 3 is 2.43 bits per heavy atom. The van der Waals surface area contributed by atoms with E-state index in [1.165, 1.54) is 25.3 Å². The van der Waals surface area contributed by atoms with E-state index in [-0.39, 0.29) is 41.7 Å². The number of anilines is 1. The first kappa shape index (κ1) is 20.8. The molecule has 0 bridgehead atoms. The zero-order valence-corrected chi connectivity index (χ0v) is 18.5. The maximum Gasteiger partial charge on any atom is 0.337 e. The summed E-state index contributed by atoms with van der Waals surface area (Å²) in [5, 5.41) is 7.47. The number of ether oxygens (including phenoxy) is 2. The summed E-state index contributed by atoms with van der Waals surface area (Å²) < 4.78 is 26.5. The molecule has 3 N–H and O–H groups in total. The molecule has 0 saturated carbocycles. The highest BCUT2D eigenvalue weighted by Crippen LogP contribution is 2.28. The van der Waals surface area contributed by atoms with Gasteiger partial charge in [0.15, 0.2) is 6.61 Å². The summed E-state index contributed by atoms with van der Waals surface area (Å²) in [5.41, 5.74) is 1.12. The monoisotopic (exact) mass is 477 g/mol. The second-order valence-electron chi connectivity index (χ2n) is 7.29. The molecule has 2 heterocycles. The summed E-state index contributed by atoms with van der Waals surface area (Å²) in [7, 11) is 1.28. The number of methoxy groups -OCH3 is 1. The van der Waals surface area contributed by atoms with Crippen molar-refractivity contribution >= 4 is 29.4 Å². The van der Waals surface area contributed by atoms with Crippen molar-refractivity contribution in [3.63, 3.8) is 0 Å². The van der Waals surface area contributed by atoms with Gasteiger partial charge >= 0.3 is 5.97 Å². The van der Waals surface area contributed by atoms with Gasteiger partial charge in [-0.2, -0.15) is 0 Å². The Kier molecular flexibility index (Phi) is 6.19. The molecule has 11 heteroatoms. The van der Waals surface area contributed by atoms with Gasteiger partial charge in [0, 0.05) is 19.1 Å². The highest BCUT2D eigenvalue weighted by Gasteiger charge is 2.17. The van der Waals surface area contributed by atoms with Crippen LogP contribution in [0.25, 0.3) is 0 Å². The molecule has 1 aliphatic heterocycles. The minimum atomic E-state index is -2.34. The second-order valence-corrected chi connectivity index (χ2v) is 7.29. The summed E-state index contributed by atoms with van der Waals surface area (Å²) in [6, 6.07) is 11.9. The Labute approximate surface area is 202 Å². The standard InChI is InChI=1S/C24H21N5O6/c1-34-24(33)16-5-2-14(3-6-16)10-25-22(31)18-9-19(28-13-27-18)23(32)26-11-15-4-7-20-17(8-15)29-21(30)12-35-20/h2-9,13H,10-12H2,1H3,(H,25,31)(H,26,32)(H,29,30)/i11D2. The predicted molar refractivity (Wildman–Crippen MR) is 123 cm³/mol. The lowest BCUT2D eigenvalue weighted by Crippen LogP contribution is -2.27. The van der Waals surface area contributed by atoms with Gasteiger partial charge < -0.3 is 25.4 Å². The summed E-state index contributed by atoms with van der Waals surface area (Å²) in [5.74, 6) is -1.92. The van der Waals surface area contributed by atoms with Crippen LogP contribution < -0.4 is 20.7 Å². The van der Waals surface area contributed by atoms with E-state index in [0.717, 1.165) is 12.4 Å². The summed E-state index contributed by atoms with van der Waals surface area (Å²) in [4.78, 5) is 56.1. The SMILES string of the molecule is [2H]C([2H])(NC(=O)c1cc(C(=O)NCc2ccc(C(=O)OC)cc2)ncn1)c1ccc2c(c1)NC(=O)CO2. The van der Waals surface area contributed by atoms with Gasteiger partial charge in [-0.25, -0.2) is 14.8 Å². The van der Waals surface area contributed by atoms with Crippen LogP contribution in [0.5, 0.6) is 5.75 Å². The third kappa shape index (κ3) is 5.77. The van der Waals surface area contributed by atoms with Crippen LogP contribution in [0.2, 0.25) is 0 Å². The second kappa shape index (κ2) is 10.4. The molecule has 0 fully saturated rings. The lowest BCUT2D eigenvalue weighted by molar-refractivity contribution is -0.118. The van der Waals surface area contributed by atoms with E-state index < -0.39 is 24.3 Å². The van der Waals surface area contributed by atoms with E-state index in [1.807, 2.05) is 0 Å². The van der Waals surface area contributed by atoms with E-state index in [2.05, 4.69) is 30.7 Å². The number of nitrogens with one attached hydrogen (secondary N) is 3. The summed E-state index contributed by atoms with van der Waals surface area (Å²) in [6.45, 7) is -2.34. The number of hydrogen-bond donors (Lipinski definition) is 3. The van der Waals surface area contributed by atoms with Gasteiger partial charge in [-0.05, 0) is 35.4 Å². The number of benzene rings is 2. The van der Waals surface area contributed by atoms with Crippen molar-refractivity contribution in [2.45, 2.75) is 13.0 Å². The minimum absolute atomic E-state index is 0.0654. The minimum Gasteiger partial charge on any atom is -0.482 e. The first-order valence-corrected chi connectivity index (χ1v) is 10.3. The van der Waals surface area contributed by atoms with Gasteiger partial charge in [-0.1, -0.05) is 18.2 Å². The molecule has 11 nitrogen and oxygen atoms in total. The normalized spacial score (nSPS) is 13.2. The number of carbonyl (C=O) groups excluding carboxylic acids is 4. The van der Waals surface area contributed by atoms with Crippen LogP contribution >= 0.6 is 0 Å². The van der Waals surface area contributed by atoms with Crippen LogP contribution in [0.4, 0.5) is 5.69 Å². The van der Waals surface area contributed by atoms with E-state index >= 15 is 0 Å². The average Bonchev–Trinajstić information content (AvgIpc) is 2.90. The van der Waals surface area contributed by atoms with E-state index in [1.54, 1.807) is 24.3 Å². The number of hydrogen-bond acceptors (Lipinski definition) is 8. The molecule has 0 atom stereocenters. The lowest BCUT2D eigenvalue weighted by Gasteiger charge is -2.18. The highest BCUT2D eigenvalue weighted by molar-refractivity contribution is 5.97. The zero-order valence-electron chi connectivity index (χ0n) is 20.5. The van der Waals surface area contributed by atoms with Gasteiger partial charge in [-0.15, -0.1) is 0 Å². The first-order chi connectivity index (χ1) is 17.7. The predicted octanol–water partition coefficient (Wildman–Crippen LogP) is 1.45. The molecule has 3 amide bonds. The van der Waals surface area contributed by atoms with Crippen LogP contribution in [-0.2, 0) is 22.6 Å². The Bertz CT molecular complexity index is 1380. The third-order valence-electron chi connectivity index (χ3n) is 4.89. The number of amides is 3. The molecule has 178 valence electrons. The summed E-state index contributed by atoms with van der Waals surface area (Å²) in [6.07, 6.45) is 1.02. The van der Waals surface area contributed by atoms with E-state index in [4.69, 9.17) is 7.48 Å².